The standard InChI is InChI=1S/C43H66N2O10/c1-13-14-19-42(44-45-42)20-18-36(46)53-35-24-43(50,55-39(25(2)3)30(35)8)32(10)38(48)31(9)40-33(51-11)17-15-16-26(4)21-28(6)37(47)29(7)22-27(5)23-34(52-12)41(49)54-40/h1,15-17,22-23,25,28-33,35,37-40,47-48,50H,14,18-21,24H2,2-12H3/b17-15+,26-16+,27-22+,34-23-/t28-,29+,30-,31-,32-,33-,35+,37-,38+,39+,40+,43+/m0/s1. The number of methoxy groups -OCH3 is 2. The topological polar surface area (TPSA) is 166 Å². The molecule has 12 atom stereocenters. The van der Waals surface area contributed by atoms with Crippen molar-refractivity contribution < 1.29 is 48.6 Å². The van der Waals surface area contributed by atoms with Crippen molar-refractivity contribution in [1.29, 1.82) is 0 Å². The summed E-state index contributed by atoms with van der Waals surface area (Å²) in [6.07, 6.45) is 11.5. The molecule has 3 aliphatic rings. The van der Waals surface area contributed by atoms with E-state index >= 15 is 0 Å². The number of cyclic esters (lactones) is 1. The molecule has 12 nitrogen and oxygen atoms in total. The van der Waals surface area contributed by atoms with Gasteiger partial charge in [0.1, 0.15) is 18.3 Å². The Morgan fingerprint density at radius 2 is 1.78 bits per heavy atom. The molecule has 0 saturated carbocycles. The fraction of sp³-hybridized carbons (Fsp3) is 0.721. The molecular weight excluding hydrogens is 704 g/mol. The summed E-state index contributed by atoms with van der Waals surface area (Å²) in [6, 6.07) is 0. The Labute approximate surface area is 328 Å². The molecule has 0 spiro atoms. The first-order valence-electron chi connectivity index (χ1n) is 19.7. The highest BCUT2D eigenvalue weighted by Gasteiger charge is 2.53. The summed E-state index contributed by atoms with van der Waals surface area (Å²) in [5.41, 5.74) is 1.11. The molecule has 55 heavy (non-hydrogen) atoms. The van der Waals surface area contributed by atoms with Gasteiger partial charge in [0.2, 0.25) is 5.76 Å². The highest BCUT2D eigenvalue weighted by Crippen LogP contribution is 2.43. The minimum absolute atomic E-state index is 0.0322. The summed E-state index contributed by atoms with van der Waals surface area (Å²) in [5.74, 6) is -2.88. The number of carbonyl (C=O) groups excluding carboxylic acids is 2. The van der Waals surface area contributed by atoms with Crippen LogP contribution >= 0.6 is 0 Å². The van der Waals surface area contributed by atoms with Gasteiger partial charge in [-0.3, -0.25) is 4.79 Å². The monoisotopic (exact) mass is 770 g/mol. The molecule has 1 fully saturated rings. The highest BCUT2D eigenvalue weighted by atomic mass is 16.6. The van der Waals surface area contributed by atoms with Gasteiger partial charge in [-0.15, -0.1) is 12.3 Å². The van der Waals surface area contributed by atoms with Gasteiger partial charge < -0.3 is 39.0 Å². The normalized spacial score (nSPS) is 36.7. The Kier molecular flexibility index (Phi) is 16.9. The van der Waals surface area contributed by atoms with E-state index in [2.05, 4.69) is 16.1 Å². The molecule has 0 aromatic rings. The third-order valence-electron chi connectivity index (χ3n) is 11.5. The third-order valence-corrected chi connectivity index (χ3v) is 11.5. The lowest BCUT2D eigenvalue weighted by molar-refractivity contribution is -0.329. The van der Waals surface area contributed by atoms with Crippen LogP contribution in [0.5, 0.6) is 0 Å². The van der Waals surface area contributed by atoms with E-state index in [4.69, 9.17) is 30.1 Å². The molecule has 0 bridgehead atoms. The van der Waals surface area contributed by atoms with Gasteiger partial charge in [0, 0.05) is 62.9 Å². The van der Waals surface area contributed by atoms with E-state index in [-0.39, 0.29) is 42.3 Å². The van der Waals surface area contributed by atoms with Gasteiger partial charge in [0.05, 0.1) is 25.4 Å². The van der Waals surface area contributed by atoms with Crippen LogP contribution in [-0.4, -0.2) is 89.6 Å². The largest absolute Gasteiger partial charge is 0.490 e. The molecule has 1 saturated heterocycles. The fourth-order valence-corrected chi connectivity index (χ4v) is 7.87. The zero-order valence-electron chi connectivity index (χ0n) is 34.7. The highest BCUT2D eigenvalue weighted by molar-refractivity contribution is 5.87. The predicted molar refractivity (Wildman–Crippen MR) is 209 cm³/mol. The Morgan fingerprint density at radius 3 is 2.36 bits per heavy atom. The Bertz CT molecular complexity index is 1500. The molecule has 0 radical (unpaired) electrons. The van der Waals surface area contributed by atoms with Crippen LogP contribution in [0.2, 0.25) is 0 Å². The summed E-state index contributed by atoms with van der Waals surface area (Å²) < 4.78 is 29.8. The Balaban J connectivity index is 1.92. The van der Waals surface area contributed by atoms with E-state index in [1.807, 2.05) is 66.7 Å². The molecule has 0 amide bonds. The maximum atomic E-state index is 13.7. The van der Waals surface area contributed by atoms with Crippen LogP contribution in [-0.2, 0) is 33.3 Å². The van der Waals surface area contributed by atoms with Gasteiger partial charge in [-0.25, -0.2) is 4.79 Å². The minimum atomic E-state index is -1.91. The lowest BCUT2D eigenvalue weighted by atomic mass is 9.76. The maximum absolute atomic E-state index is 13.7. The number of hydrogen-bond acceptors (Lipinski definition) is 12. The summed E-state index contributed by atoms with van der Waals surface area (Å²) in [5, 5.41) is 43.5. The van der Waals surface area contributed by atoms with Gasteiger partial charge in [-0.2, -0.15) is 10.2 Å². The van der Waals surface area contributed by atoms with Crippen LogP contribution in [0.3, 0.4) is 0 Å². The average molecular weight is 771 g/mol. The molecule has 308 valence electrons. The first kappa shape index (κ1) is 46.0. The van der Waals surface area contributed by atoms with E-state index in [9.17, 15) is 24.9 Å². The molecular formula is C43H66N2O10. The van der Waals surface area contributed by atoms with Crippen LogP contribution in [0.15, 0.2) is 57.5 Å². The molecule has 0 unspecified atom stereocenters. The number of esters is 2. The number of aliphatic hydroxyl groups is 3. The molecule has 12 heteroatoms. The van der Waals surface area contributed by atoms with E-state index in [0.717, 1.165) is 5.57 Å². The van der Waals surface area contributed by atoms with E-state index in [1.54, 1.807) is 26.0 Å². The van der Waals surface area contributed by atoms with Crippen LogP contribution in [0.25, 0.3) is 0 Å². The molecule has 0 aromatic carbocycles. The number of terminal acetylenes is 1. The maximum Gasteiger partial charge on any atom is 0.373 e. The predicted octanol–water partition coefficient (Wildman–Crippen LogP) is 6.60. The van der Waals surface area contributed by atoms with E-state index < -0.39 is 71.8 Å². The lowest BCUT2D eigenvalue weighted by Crippen LogP contribution is -2.59. The molecule has 0 aromatic heterocycles. The van der Waals surface area contributed by atoms with Crippen LogP contribution in [0.4, 0.5) is 0 Å². The smallest absolute Gasteiger partial charge is 0.373 e. The first-order chi connectivity index (χ1) is 25.8. The fourth-order valence-electron chi connectivity index (χ4n) is 7.87. The lowest BCUT2D eigenvalue weighted by Gasteiger charge is -2.50. The van der Waals surface area contributed by atoms with E-state index in [1.165, 1.54) is 14.2 Å². The van der Waals surface area contributed by atoms with Crippen molar-refractivity contribution in [1.82, 2.24) is 0 Å². The number of allylic oxidation sites excluding steroid dienone is 5. The van der Waals surface area contributed by atoms with Crippen molar-refractivity contribution >= 4 is 11.9 Å². The molecule has 0 aliphatic carbocycles. The zero-order chi connectivity index (χ0) is 41.2. The second kappa shape index (κ2) is 20.2. The number of rotatable bonds is 13. The molecule has 3 heterocycles. The molecule has 3 rings (SSSR count). The number of aliphatic hydroxyl groups excluding tert-OH is 2. The first-order valence-corrected chi connectivity index (χ1v) is 19.7. The van der Waals surface area contributed by atoms with Crippen molar-refractivity contribution in [2.24, 2.45) is 45.7 Å². The van der Waals surface area contributed by atoms with Crippen LogP contribution in [0.1, 0.15) is 101 Å². The number of nitrogens with zero attached hydrogens (tertiary/aromatic N) is 2. The van der Waals surface area contributed by atoms with Crippen molar-refractivity contribution in [3.8, 4) is 12.3 Å². The molecule has 3 N–H and O–H groups in total. The molecule has 3 aliphatic heterocycles. The van der Waals surface area contributed by atoms with Crippen molar-refractivity contribution in [2.45, 2.75) is 149 Å². The second-order valence-corrected chi connectivity index (χ2v) is 16.4. The third kappa shape index (κ3) is 12.3. The SMILES string of the molecule is C#CCCC1(CCC(=O)O[C@@H]2C[C@](O)([C@@H](C)[C@H](O)[C@H](C)[C@H]3OC(=O)/C(OC)=C/C(C)=C/[C@@H](C)[C@@H](O)[C@@H](C)C/C(C)=C/C=C/[C@@H]3OC)O[C@H](C(C)C)[C@H]2C)N=N1. The van der Waals surface area contributed by atoms with Crippen molar-refractivity contribution in [3.05, 3.63) is 47.3 Å². The quantitative estimate of drug-likeness (QED) is 0.137. The van der Waals surface area contributed by atoms with Crippen LogP contribution < -0.4 is 0 Å². The number of hydrogen-bond donors (Lipinski definition) is 3. The summed E-state index contributed by atoms with van der Waals surface area (Å²) in [6.45, 7) is 17.0. The van der Waals surface area contributed by atoms with E-state index in [0.29, 0.717) is 31.3 Å². The summed E-state index contributed by atoms with van der Waals surface area (Å²) >= 11 is 0. The Morgan fingerprint density at radius 1 is 1.11 bits per heavy atom. The minimum Gasteiger partial charge on any atom is -0.490 e. The summed E-state index contributed by atoms with van der Waals surface area (Å²) in [4.78, 5) is 26.9. The second-order valence-electron chi connectivity index (χ2n) is 16.4. The zero-order valence-corrected chi connectivity index (χ0v) is 34.7. The van der Waals surface area contributed by atoms with Gasteiger partial charge in [-0.05, 0) is 38.2 Å². The Hall–Kier alpha value is -3.34. The summed E-state index contributed by atoms with van der Waals surface area (Å²) in [7, 11) is 2.86. The van der Waals surface area contributed by atoms with Gasteiger partial charge in [0.15, 0.2) is 11.4 Å². The number of ether oxygens (including phenoxy) is 5. The van der Waals surface area contributed by atoms with Gasteiger partial charge >= 0.3 is 11.9 Å². The van der Waals surface area contributed by atoms with Gasteiger partial charge in [0.25, 0.3) is 0 Å². The van der Waals surface area contributed by atoms with Crippen LogP contribution in [0, 0.1) is 47.9 Å². The number of carbonyl (C=O) groups is 2. The average Bonchev–Trinajstić information content (AvgIpc) is 3.92. The van der Waals surface area contributed by atoms with Crippen molar-refractivity contribution in [2.75, 3.05) is 14.2 Å². The van der Waals surface area contributed by atoms with Gasteiger partial charge in [-0.1, -0.05) is 83.9 Å². The van der Waals surface area contributed by atoms with Crippen molar-refractivity contribution in [3.63, 3.8) is 0 Å².